The molecule has 0 amide bonds. The SMILES string of the molecule is CCCCc1cc(=O)[nH]c(Nc2ccc(OC)c(OC)c2)n1. The van der Waals surface area contributed by atoms with Crippen LogP contribution in [0.4, 0.5) is 11.6 Å². The van der Waals surface area contributed by atoms with E-state index < -0.39 is 0 Å². The van der Waals surface area contributed by atoms with Gasteiger partial charge in [-0.1, -0.05) is 13.3 Å². The Kier molecular flexibility index (Phi) is 5.41. The van der Waals surface area contributed by atoms with Crippen molar-refractivity contribution in [3.63, 3.8) is 0 Å². The van der Waals surface area contributed by atoms with E-state index in [9.17, 15) is 4.79 Å². The first kappa shape index (κ1) is 15.9. The van der Waals surface area contributed by atoms with Gasteiger partial charge in [0, 0.05) is 23.5 Å². The molecule has 0 aliphatic rings. The van der Waals surface area contributed by atoms with Gasteiger partial charge in [-0.05, 0) is 25.0 Å². The number of rotatable bonds is 7. The molecule has 0 bridgehead atoms. The van der Waals surface area contributed by atoms with Gasteiger partial charge in [0.15, 0.2) is 11.5 Å². The van der Waals surface area contributed by atoms with Crippen LogP contribution in [0.1, 0.15) is 25.5 Å². The maximum absolute atomic E-state index is 11.7. The third-order valence-electron chi connectivity index (χ3n) is 3.23. The van der Waals surface area contributed by atoms with Crippen molar-refractivity contribution in [2.75, 3.05) is 19.5 Å². The molecule has 2 N–H and O–H groups in total. The Bertz CT molecular complexity index is 683. The van der Waals surface area contributed by atoms with Gasteiger partial charge in [0.2, 0.25) is 5.95 Å². The molecule has 118 valence electrons. The van der Waals surface area contributed by atoms with Crippen molar-refractivity contribution in [3.8, 4) is 11.5 Å². The molecule has 0 aliphatic carbocycles. The van der Waals surface area contributed by atoms with Crippen LogP contribution in [0.2, 0.25) is 0 Å². The highest BCUT2D eigenvalue weighted by molar-refractivity contribution is 5.59. The molecule has 6 nitrogen and oxygen atoms in total. The van der Waals surface area contributed by atoms with E-state index in [0.29, 0.717) is 17.4 Å². The van der Waals surface area contributed by atoms with Crippen molar-refractivity contribution in [2.24, 2.45) is 0 Å². The molecule has 0 fully saturated rings. The molecule has 2 aromatic rings. The summed E-state index contributed by atoms with van der Waals surface area (Å²) >= 11 is 0. The summed E-state index contributed by atoms with van der Waals surface area (Å²) in [5, 5.41) is 3.09. The van der Waals surface area contributed by atoms with Gasteiger partial charge in [0.1, 0.15) is 0 Å². The summed E-state index contributed by atoms with van der Waals surface area (Å²) < 4.78 is 10.5. The zero-order chi connectivity index (χ0) is 15.9. The van der Waals surface area contributed by atoms with E-state index in [1.165, 1.54) is 6.07 Å². The van der Waals surface area contributed by atoms with Gasteiger partial charge in [-0.15, -0.1) is 0 Å². The average Bonchev–Trinajstić information content (AvgIpc) is 2.52. The summed E-state index contributed by atoms with van der Waals surface area (Å²) in [5.74, 6) is 1.68. The quantitative estimate of drug-likeness (QED) is 0.822. The van der Waals surface area contributed by atoms with Crippen molar-refractivity contribution >= 4 is 11.6 Å². The topological polar surface area (TPSA) is 76.2 Å². The first-order valence-electron chi connectivity index (χ1n) is 7.25. The summed E-state index contributed by atoms with van der Waals surface area (Å²) in [4.78, 5) is 18.8. The van der Waals surface area contributed by atoms with Crippen LogP contribution in [0.25, 0.3) is 0 Å². The van der Waals surface area contributed by atoms with Crippen LogP contribution in [0, 0.1) is 0 Å². The molecule has 0 spiro atoms. The van der Waals surface area contributed by atoms with Crippen LogP contribution in [0.5, 0.6) is 11.5 Å². The van der Waals surface area contributed by atoms with Crippen LogP contribution in [0.15, 0.2) is 29.1 Å². The third kappa shape index (κ3) is 4.00. The normalized spacial score (nSPS) is 10.3. The van der Waals surface area contributed by atoms with E-state index >= 15 is 0 Å². The smallest absolute Gasteiger partial charge is 0.252 e. The second-order valence-electron chi connectivity index (χ2n) is 4.88. The van der Waals surface area contributed by atoms with Crippen LogP contribution in [0.3, 0.4) is 0 Å². The molecule has 6 heteroatoms. The molecule has 0 aliphatic heterocycles. The molecule has 1 aromatic carbocycles. The molecular formula is C16H21N3O3. The lowest BCUT2D eigenvalue weighted by atomic mass is 10.2. The van der Waals surface area contributed by atoms with E-state index in [0.717, 1.165) is 30.6 Å². The van der Waals surface area contributed by atoms with Gasteiger partial charge in [0.05, 0.1) is 14.2 Å². The summed E-state index contributed by atoms with van der Waals surface area (Å²) in [6.45, 7) is 2.11. The van der Waals surface area contributed by atoms with Crippen molar-refractivity contribution in [3.05, 3.63) is 40.3 Å². The maximum Gasteiger partial charge on any atom is 0.252 e. The summed E-state index contributed by atoms with van der Waals surface area (Å²) in [6, 6.07) is 6.95. The predicted molar refractivity (Wildman–Crippen MR) is 86.3 cm³/mol. The number of anilines is 2. The van der Waals surface area contributed by atoms with Crippen molar-refractivity contribution < 1.29 is 9.47 Å². The number of H-pyrrole nitrogens is 1. The number of ether oxygens (including phenoxy) is 2. The number of benzene rings is 1. The minimum Gasteiger partial charge on any atom is -0.493 e. The lowest BCUT2D eigenvalue weighted by Crippen LogP contribution is -2.12. The number of hydrogen-bond acceptors (Lipinski definition) is 5. The molecule has 0 unspecified atom stereocenters. The number of hydrogen-bond donors (Lipinski definition) is 2. The number of nitrogens with one attached hydrogen (secondary N) is 2. The molecule has 22 heavy (non-hydrogen) atoms. The summed E-state index contributed by atoms with van der Waals surface area (Å²) in [7, 11) is 3.16. The van der Waals surface area contributed by atoms with Crippen LogP contribution in [-0.2, 0) is 6.42 Å². The highest BCUT2D eigenvalue weighted by Gasteiger charge is 2.06. The number of unbranched alkanes of at least 4 members (excludes halogenated alkanes) is 1. The van der Waals surface area contributed by atoms with Crippen molar-refractivity contribution in [1.82, 2.24) is 9.97 Å². The first-order chi connectivity index (χ1) is 10.7. The summed E-state index contributed by atoms with van der Waals surface area (Å²) in [5.41, 5.74) is 1.38. The van der Waals surface area contributed by atoms with Gasteiger partial charge < -0.3 is 14.8 Å². The third-order valence-corrected chi connectivity index (χ3v) is 3.23. The average molecular weight is 303 g/mol. The second-order valence-corrected chi connectivity index (χ2v) is 4.88. The minimum absolute atomic E-state index is 0.163. The first-order valence-corrected chi connectivity index (χ1v) is 7.25. The molecular weight excluding hydrogens is 282 g/mol. The lowest BCUT2D eigenvalue weighted by molar-refractivity contribution is 0.355. The van der Waals surface area contributed by atoms with E-state index in [1.54, 1.807) is 26.4 Å². The molecule has 0 saturated carbocycles. The Balaban J connectivity index is 2.23. The van der Waals surface area contributed by atoms with Crippen molar-refractivity contribution in [2.45, 2.75) is 26.2 Å². The van der Waals surface area contributed by atoms with E-state index in [1.807, 2.05) is 6.07 Å². The van der Waals surface area contributed by atoms with Crippen molar-refractivity contribution in [1.29, 1.82) is 0 Å². The minimum atomic E-state index is -0.163. The zero-order valence-electron chi connectivity index (χ0n) is 13.1. The number of nitrogens with zero attached hydrogens (tertiary/aromatic N) is 1. The highest BCUT2D eigenvalue weighted by atomic mass is 16.5. The van der Waals surface area contributed by atoms with E-state index in [-0.39, 0.29) is 5.56 Å². The summed E-state index contributed by atoms with van der Waals surface area (Å²) in [6.07, 6.45) is 2.86. The molecule has 0 atom stereocenters. The molecule has 2 rings (SSSR count). The van der Waals surface area contributed by atoms with Crippen LogP contribution in [-0.4, -0.2) is 24.2 Å². The van der Waals surface area contributed by atoms with Crippen LogP contribution >= 0.6 is 0 Å². The standard InChI is InChI=1S/C16H21N3O3/c1-4-5-6-11-10-15(20)19-16(17-11)18-12-7-8-13(21-2)14(9-12)22-3/h7-10H,4-6H2,1-3H3,(H2,17,18,19,20). The van der Waals surface area contributed by atoms with E-state index in [2.05, 4.69) is 22.2 Å². The number of aromatic nitrogens is 2. The number of aromatic amines is 1. The highest BCUT2D eigenvalue weighted by Crippen LogP contribution is 2.30. The number of methoxy groups -OCH3 is 2. The molecule has 0 saturated heterocycles. The monoisotopic (exact) mass is 303 g/mol. The fraction of sp³-hybridized carbons (Fsp3) is 0.375. The van der Waals surface area contributed by atoms with Gasteiger partial charge in [0.25, 0.3) is 5.56 Å². The maximum atomic E-state index is 11.7. The molecule has 0 radical (unpaired) electrons. The fourth-order valence-corrected chi connectivity index (χ4v) is 2.10. The fourth-order valence-electron chi connectivity index (χ4n) is 2.10. The van der Waals surface area contributed by atoms with Crippen LogP contribution < -0.4 is 20.3 Å². The second kappa shape index (κ2) is 7.49. The Labute approximate surface area is 129 Å². The largest absolute Gasteiger partial charge is 0.493 e. The lowest BCUT2D eigenvalue weighted by Gasteiger charge is -2.11. The zero-order valence-corrected chi connectivity index (χ0v) is 13.1. The molecule has 1 aromatic heterocycles. The predicted octanol–water partition coefficient (Wildman–Crippen LogP) is 2.87. The Morgan fingerprint density at radius 1 is 1.18 bits per heavy atom. The van der Waals surface area contributed by atoms with E-state index in [4.69, 9.17) is 9.47 Å². The van der Waals surface area contributed by atoms with Gasteiger partial charge in [-0.2, -0.15) is 0 Å². The Hall–Kier alpha value is -2.50. The van der Waals surface area contributed by atoms with Gasteiger partial charge in [-0.3, -0.25) is 9.78 Å². The Morgan fingerprint density at radius 3 is 2.64 bits per heavy atom. The van der Waals surface area contributed by atoms with Gasteiger partial charge in [-0.25, -0.2) is 4.98 Å². The number of aryl methyl sites for hydroxylation is 1. The Morgan fingerprint density at radius 2 is 1.95 bits per heavy atom. The molecule has 1 heterocycles. The van der Waals surface area contributed by atoms with Gasteiger partial charge >= 0.3 is 0 Å².